The van der Waals surface area contributed by atoms with E-state index in [9.17, 15) is 0 Å². The number of benzene rings is 6. The molecule has 3 heterocycles. The SMILES string of the molecule is P=Nc1ccc2c(c1)c1ccc3c4cc(N=P)ccc4n(-c4nc(-c5ccccc5)nc(-c5ccccc5)n4)c3c1n2-c1ccccc1. The Balaban J connectivity index is 1.49. The number of nitrogens with zero attached hydrogens (tertiary/aromatic N) is 7. The fourth-order valence-corrected chi connectivity index (χ4v) is 6.95. The summed E-state index contributed by atoms with van der Waals surface area (Å²) in [5, 5.41) is 4.28. The Hall–Kier alpha value is -5.87. The zero-order valence-corrected chi connectivity index (χ0v) is 27.4. The summed E-state index contributed by atoms with van der Waals surface area (Å²) in [6.07, 6.45) is 0. The van der Waals surface area contributed by atoms with Crippen LogP contribution in [0.15, 0.2) is 149 Å². The first-order valence-electron chi connectivity index (χ1n) is 15.4. The molecule has 0 atom stereocenters. The van der Waals surface area contributed by atoms with Crippen molar-refractivity contribution in [2.45, 2.75) is 0 Å². The second-order valence-electron chi connectivity index (χ2n) is 11.5. The highest BCUT2D eigenvalue weighted by atomic mass is 31.0. The molecule has 9 aromatic rings. The average Bonchev–Trinajstić information content (AvgIpc) is 3.67. The summed E-state index contributed by atoms with van der Waals surface area (Å²) in [4.78, 5) is 15.3. The number of hydrogen-bond donors (Lipinski definition) is 0. The van der Waals surface area contributed by atoms with Gasteiger partial charge in [0.2, 0.25) is 5.95 Å². The van der Waals surface area contributed by atoms with Crippen molar-refractivity contribution in [1.29, 1.82) is 0 Å². The lowest BCUT2D eigenvalue weighted by molar-refractivity contribution is 0.953. The van der Waals surface area contributed by atoms with E-state index in [1.165, 1.54) is 0 Å². The summed E-state index contributed by atoms with van der Waals surface area (Å²) < 4.78 is 13.2. The summed E-state index contributed by atoms with van der Waals surface area (Å²) in [7, 11) is 6.74. The van der Waals surface area contributed by atoms with Crippen molar-refractivity contribution in [2.75, 3.05) is 0 Å². The van der Waals surface area contributed by atoms with Gasteiger partial charge in [0, 0.05) is 38.4 Å². The third-order valence-corrected chi connectivity index (χ3v) is 9.30. The van der Waals surface area contributed by atoms with Crippen LogP contribution < -0.4 is 0 Å². The van der Waals surface area contributed by atoms with Gasteiger partial charge in [0.25, 0.3) is 0 Å². The molecule has 9 heteroatoms. The van der Waals surface area contributed by atoms with E-state index in [0.29, 0.717) is 17.6 Å². The predicted octanol–water partition coefficient (Wildman–Crippen LogP) is 11.3. The summed E-state index contributed by atoms with van der Waals surface area (Å²) in [6, 6.07) is 47.4. The molecule has 0 spiro atoms. The molecule has 6 aromatic carbocycles. The topological polar surface area (TPSA) is 73.2 Å². The normalized spacial score (nSPS) is 11.5. The summed E-state index contributed by atoms with van der Waals surface area (Å²) >= 11 is 0. The molecule has 0 unspecified atom stereocenters. The van der Waals surface area contributed by atoms with Crippen molar-refractivity contribution in [3.63, 3.8) is 0 Å². The fourth-order valence-electron chi connectivity index (χ4n) is 6.67. The van der Waals surface area contributed by atoms with E-state index < -0.39 is 0 Å². The van der Waals surface area contributed by atoms with Crippen LogP contribution in [0.3, 0.4) is 0 Å². The second kappa shape index (κ2) is 11.4. The van der Waals surface area contributed by atoms with Crippen LogP contribution in [0.5, 0.6) is 0 Å². The molecular weight excluding hydrogens is 628 g/mol. The van der Waals surface area contributed by atoms with Crippen molar-refractivity contribution >= 4 is 73.0 Å². The predicted molar refractivity (Wildman–Crippen MR) is 200 cm³/mol. The van der Waals surface area contributed by atoms with Crippen LogP contribution in [0.25, 0.3) is 78.0 Å². The van der Waals surface area contributed by atoms with Gasteiger partial charge in [0.15, 0.2) is 11.6 Å². The Kier molecular flexibility index (Phi) is 6.75. The van der Waals surface area contributed by atoms with Crippen LogP contribution in [0.2, 0.25) is 0 Å². The molecule has 0 saturated carbocycles. The van der Waals surface area contributed by atoms with Gasteiger partial charge in [-0.1, -0.05) is 91.0 Å². The zero-order valence-electron chi connectivity index (χ0n) is 25.4. The van der Waals surface area contributed by atoms with E-state index in [1.54, 1.807) is 0 Å². The van der Waals surface area contributed by atoms with E-state index in [1.807, 2.05) is 78.9 Å². The van der Waals surface area contributed by atoms with E-state index in [-0.39, 0.29) is 0 Å². The molecule has 226 valence electrons. The number of rotatable bonds is 6. The molecule has 7 nitrogen and oxygen atoms in total. The minimum Gasteiger partial charge on any atom is -0.307 e. The lowest BCUT2D eigenvalue weighted by Crippen LogP contribution is -2.07. The molecule has 0 fully saturated rings. The summed E-state index contributed by atoms with van der Waals surface area (Å²) in [6.45, 7) is 0. The minimum absolute atomic E-state index is 0.527. The first kappa shape index (κ1) is 28.4. The molecule has 0 saturated heterocycles. The van der Waals surface area contributed by atoms with Crippen molar-refractivity contribution in [3.8, 4) is 34.4 Å². The van der Waals surface area contributed by atoms with Gasteiger partial charge in [-0.3, -0.25) is 4.57 Å². The van der Waals surface area contributed by atoms with Crippen molar-refractivity contribution in [2.24, 2.45) is 9.49 Å². The second-order valence-corrected chi connectivity index (χ2v) is 12.0. The lowest BCUT2D eigenvalue weighted by Gasteiger charge is -2.13. The summed E-state index contributed by atoms with van der Waals surface area (Å²) in [5.74, 6) is 1.72. The van der Waals surface area contributed by atoms with Crippen LogP contribution >= 0.6 is 18.1 Å². The van der Waals surface area contributed by atoms with Gasteiger partial charge in [-0.2, -0.15) is 9.97 Å². The Bertz CT molecular complexity index is 2640. The highest BCUT2D eigenvalue weighted by Gasteiger charge is 2.24. The molecule has 0 aliphatic rings. The largest absolute Gasteiger partial charge is 0.307 e. The van der Waals surface area contributed by atoms with Gasteiger partial charge in [-0.05, 0) is 66.6 Å². The van der Waals surface area contributed by atoms with E-state index in [2.05, 4.69) is 97.4 Å². The highest BCUT2D eigenvalue weighted by Crippen LogP contribution is 2.43. The van der Waals surface area contributed by atoms with Crippen LogP contribution in [0.1, 0.15) is 0 Å². The van der Waals surface area contributed by atoms with E-state index >= 15 is 0 Å². The molecule has 0 amide bonds. The zero-order chi connectivity index (χ0) is 32.2. The smallest absolute Gasteiger partial charge is 0.238 e. The van der Waals surface area contributed by atoms with E-state index in [4.69, 9.17) is 15.0 Å². The number of para-hydroxylation sites is 1. The van der Waals surface area contributed by atoms with Crippen molar-refractivity contribution in [1.82, 2.24) is 24.1 Å². The third kappa shape index (κ3) is 4.48. The maximum absolute atomic E-state index is 5.18. The first-order chi connectivity index (χ1) is 23.7. The fraction of sp³-hybridized carbons (Fsp3) is 0. The van der Waals surface area contributed by atoms with E-state index in [0.717, 1.165) is 71.8 Å². The van der Waals surface area contributed by atoms with Gasteiger partial charge in [0.1, 0.15) is 0 Å². The van der Waals surface area contributed by atoms with Crippen LogP contribution in [0, 0.1) is 0 Å². The molecule has 3 aromatic heterocycles. The molecule has 0 aliphatic carbocycles. The Morgan fingerprint density at radius 2 is 0.896 bits per heavy atom. The molecule has 9 rings (SSSR count). The van der Waals surface area contributed by atoms with Gasteiger partial charge >= 0.3 is 0 Å². The average molecular weight is 654 g/mol. The van der Waals surface area contributed by atoms with Crippen LogP contribution in [-0.4, -0.2) is 24.1 Å². The van der Waals surface area contributed by atoms with Gasteiger partial charge in [-0.15, -0.1) is 0 Å². The van der Waals surface area contributed by atoms with Gasteiger partial charge in [-0.25, -0.2) is 14.5 Å². The molecule has 0 radical (unpaired) electrons. The maximum Gasteiger partial charge on any atom is 0.238 e. The van der Waals surface area contributed by atoms with Gasteiger partial charge in [0.05, 0.1) is 33.4 Å². The standard InChI is InChI=1S/C39H25N7P2/c47-43-26-16-20-33-31(22-26)29-18-19-30-32-23-27(44-48)17-21-34(32)46(36(30)35(29)45(33)28-14-8-3-9-15-28)39-41-37(24-10-4-1-5-11-24)40-38(42-39)25-12-6-2-7-13-25/h1-23,47-48H. The van der Waals surface area contributed by atoms with Crippen LogP contribution in [-0.2, 0) is 0 Å². The number of aromatic nitrogens is 5. The Morgan fingerprint density at radius 1 is 0.438 bits per heavy atom. The number of fused-ring (bicyclic) bond motifs is 7. The Labute approximate surface area is 279 Å². The third-order valence-electron chi connectivity index (χ3n) is 8.78. The molecule has 48 heavy (non-hydrogen) atoms. The summed E-state index contributed by atoms with van der Waals surface area (Å²) in [5.41, 5.74) is 8.57. The maximum atomic E-state index is 5.18. The number of hydrogen-bond acceptors (Lipinski definition) is 5. The molecule has 0 bridgehead atoms. The van der Waals surface area contributed by atoms with Crippen molar-refractivity contribution in [3.05, 3.63) is 140 Å². The Morgan fingerprint density at radius 3 is 1.40 bits per heavy atom. The molecule has 0 aliphatic heterocycles. The lowest BCUT2D eigenvalue weighted by atomic mass is 10.1. The quantitative estimate of drug-likeness (QED) is 0.168. The van der Waals surface area contributed by atoms with Gasteiger partial charge < -0.3 is 4.57 Å². The highest BCUT2D eigenvalue weighted by molar-refractivity contribution is 7.04. The monoisotopic (exact) mass is 653 g/mol. The first-order valence-corrected chi connectivity index (χ1v) is 16.3. The minimum atomic E-state index is 0.527. The molecular formula is C39H25N7P2. The van der Waals surface area contributed by atoms with Crippen LogP contribution in [0.4, 0.5) is 11.4 Å². The molecule has 0 N–H and O–H groups in total. The van der Waals surface area contributed by atoms with Crippen molar-refractivity contribution < 1.29 is 0 Å².